The number of aryl methyl sites for hydroxylation is 1. The molecule has 0 atom stereocenters. The van der Waals surface area contributed by atoms with Crippen molar-refractivity contribution >= 4 is 0 Å². The Balaban J connectivity index is 2.47. The lowest BCUT2D eigenvalue weighted by Crippen LogP contribution is -2.06. The van der Waals surface area contributed by atoms with Crippen LogP contribution in [0.4, 0.5) is 13.2 Å². The van der Waals surface area contributed by atoms with Crippen LogP contribution in [0.15, 0.2) is 24.4 Å². The first-order chi connectivity index (χ1) is 6.98. The van der Waals surface area contributed by atoms with Crippen molar-refractivity contribution in [2.24, 2.45) is 7.05 Å². The van der Waals surface area contributed by atoms with Crippen molar-refractivity contribution in [3.8, 4) is 11.4 Å². The van der Waals surface area contributed by atoms with Crippen molar-refractivity contribution in [1.82, 2.24) is 14.8 Å². The molecule has 1 N–H and O–H groups in total. The number of hydrogen-bond acceptors (Lipinski definition) is 1. The summed E-state index contributed by atoms with van der Waals surface area (Å²) in [5.74, 6) is 0. The molecular formula is C9H8F3N3. The second-order valence-corrected chi connectivity index (χ2v) is 3.12. The van der Waals surface area contributed by atoms with Gasteiger partial charge in [0.25, 0.3) is 0 Å². The second kappa shape index (κ2) is 3.15. The molecule has 0 aromatic carbocycles. The van der Waals surface area contributed by atoms with E-state index in [0.717, 1.165) is 6.07 Å². The minimum Gasteiger partial charge on any atom is -0.360 e. The molecule has 15 heavy (non-hydrogen) atoms. The van der Waals surface area contributed by atoms with Crippen LogP contribution in [-0.4, -0.2) is 14.8 Å². The Labute approximate surface area is 83.5 Å². The van der Waals surface area contributed by atoms with Crippen LogP contribution in [-0.2, 0) is 13.2 Å². The summed E-state index contributed by atoms with van der Waals surface area (Å²) in [6, 6.07) is 4.43. The molecule has 2 aromatic heterocycles. The average Bonchev–Trinajstić information content (AvgIpc) is 2.69. The number of aromatic amines is 1. The molecule has 80 valence electrons. The number of nitrogens with zero attached hydrogens (tertiary/aromatic N) is 2. The minimum atomic E-state index is -4.40. The number of alkyl halides is 3. The quantitative estimate of drug-likeness (QED) is 0.778. The number of rotatable bonds is 1. The first-order valence-electron chi connectivity index (χ1n) is 4.23. The highest BCUT2D eigenvalue weighted by Gasteiger charge is 2.34. The molecule has 0 saturated carbocycles. The molecule has 6 heteroatoms. The Hall–Kier alpha value is -1.72. The van der Waals surface area contributed by atoms with Crippen molar-refractivity contribution in [3.63, 3.8) is 0 Å². The third-order valence-corrected chi connectivity index (χ3v) is 2.04. The van der Waals surface area contributed by atoms with Crippen LogP contribution >= 0.6 is 0 Å². The first kappa shape index (κ1) is 9.82. The molecular weight excluding hydrogens is 207 g/mol. The van der Waals surface area contributed by atoms with Gasteiger partial charge < -0.3 is 4.98 Å². The van der Waals surface area contributed by atoms with Gasteiger partial charge in [0, 0.05) is 13.2 Å². The standard InChI is InChI=1S/C9H8F3N3/c1-15-7(6-3-2-4-13-6)5-8(14-15)9(10,11)12/h2-5,13H,1H3. The monoisotopic (exact) mass is 215 g/mol. The third kappa shape index (κ3) is 1.74. The van der Waals surface area contributed by atoms with Gasteiger partial charge in [0.1, 0.15) is 0 Å². The number of aromatic nitrogens is 3. The van der Waals surface area contributed by atoms with Crippen molar-refractivity contribution in [1.29, 1.82) is 0 Å². The summed E-state index contributed by atoms with van der Waals surface area (Å²) < 4.78 is 38.2. The lowest BCUT2D eigenvalue weighted by Gasteiger charge is -1.98. The predicted octanol–water partition coefficient (Wildman–Crippen LogP) is 2.43. The van der Waals surface area contributed by atoms with Crippen LogP contribution in [0.3, 0.4) is 0 Å². The van der Waals surface area contributed by atoms with E-state index in [2.05, 4.69) is 10.1 Å². The van der Waals surface area contributed by atoms with Gasteiger partial charge in [-0.3, -0.25) is 4.68 Å². The molecule has 2 aromatic rings. The minimum absolute atomic E-state index is 0.410. The van der Waals surface area contributed by atoms with E-state index in [0.29, 0.717) is 11.4 Å². The van der Waals surface area contributed by atoms with Gasteiger partial charge in [0.05, 0.1) is 11.4 Å². The maximum absolute atomic E-state index is 12.3. The molecule has 0 spiro atoms. The van der Waals surface area contributed by atoms with Gasteiger partial charge in [-0.1, -0.05) is 0 Å². The maximum Gasteiger partial charge on any atom is 0.435 e. The van der Waals surface area contributed by atoms with E-state index in [1.54, 1.807) is 18.3 Å². The first-order valence-corrected chi connectivity index (χ1v) is 4.23. The van der Waals surface area contributed by atoms with Crippen molar-refractivity contribution < 1.29 is 13.2 Å². The van der Waals surface area contributed by atoms with Gasteiger partial charge in [0.2, 0.25) is 0 Å². The van der Waals surface area contributed by atoms with Gasteiger partial charge in [0.15, 0.2) is 5.69 Å². The second-order valence-electron chi connectivity index (χ2n) is 3.12. The number of hydrogen-bond donors (Lipinski definition) is 1. The van der Waals surface area contributed by atoms with E-state index < -0.39 is 11.9 Å². The van der Waals surface area contributed by atoms with E-state index in [-0.39, 0.29) is 0 Å². The summed E-state index contributed by atoms with van der Waals surface area (Å²) >= 11 is 0. The average molecular weight is 215 g/mol. The maximum atomic E-state index is 12.3. The topological polar surface area (TPSA) is 33.6 Å². The van der Waals surface area contributed by atoms with Gasteiger partial charge >= 0.3 is 6.18 Å². The third-order valence-electron chi connectivity index (χ3n) is 2.04. The Morgan fingerprint density at radius 2 is 2.13 bits per heavy atom. The summed E-state index contributed by atoms with van der Waals surface area (Å²) in [6.07, 6.45) is -2.75. The highest BCUT2D eigenvalue weighted by Crippen LogP contribution is 2.30. The zero-order chi connectivity index (χ0) is 11.1. The molecule has 3 nitrogen and oxygen atoms in total. The van der Waals surface area contributed by atoms with Crippen LogP contribution in [0.1, 0.15) is 5.69 Å². The molecule has 0 bridgehead atoms. The number of halogens is 3. The summed E-state index contributed by atoms with van der Waals surface area (Å²) in [6.45, 7) is 0. The molecule has 0 saturated heterocycles. The summed E-state index contributed by atoms with van der Waals surface area (Å²) in [5.41, 5.74) is 0.141. The summed E-state index contributed by atoms with van der Waals surface area (Å²) in [5, 5.41) is 3.41. The van der Waals surface area contributed by atoms with Crippen LogP contribution in [0.25, 0.3) is 11.4 Å². The van der Waals surface area contributed by atoms with Crippen LogP contribution < -0.4 is 0 Å². The number of nitrogens with one attached hydrogen (secondary N) is 1. The molecule has 2 heterocycles. The normalized spacial score (nSPS) is 12.0. The van der Waals surface area contributed by atoms with Crippen LogP contribution in [0.2, 0.25) is 0 Å². The van der Waals surface area contributed by atoms with Crippen molar-refractivity contribution in [2.45, 2.75) is 6.18 Å². The Bertz CT molecular complexity index is 453. The molecule has 0 aliphatic heterocycles. The van der Waals surface area contributed by atoms with E-state index >= 15 is 0 Å². The summed E-state index contributed by atoms with van der Waals surface area (Å²) in [4.78, 5) is 2.83. The van der Waals surface area contributed by atoms with E-state index in [9.17, 15) is 13.2 Å². The fraction of sp³-hybridized carbons (Fsp3) is 0.222. The molecule has 0 amide bonds. The van der Waals surface area contributed by atoms with E-state index in [1.807, 2.05) is 0 Å². The Kier molecular flexibility index (Phi) is 2.06. The van der Waals surface area contributed by atoms with Gasteiger partial charge in [-0.15, -0.1) is 0 Å². The van der Waals surface area contributed by atoms with Gasteiger partial charge in [-0.05, 0) is 18.2 Å². The highest BCUT2D eigenvalue weighted by atomic mass is 19.4. The Morgan fingerprint density at radius 3 is 2.60 bits per heavy atom. The Morgan fingerprint density at radius 1 is 1.40 bits per heavy atom. The smallest absolute Gasteiger partial charge is 0.360 e. The molecule has 0 unspecified atom stereocenters. The van der Waals surface area contributed by atoms with Crippen LogP contribution in [0, 0.1) is 0 Å². The largest absolute Gasteiger partial charge is 0.435 e. The van der Waals surface area contributed by atoms with Gasteiger partial charge in [-0.25, -0.2) is 0 Å². The SMILES string of the molecule is Cn1nc(C(F)(F)F)cc1-c1ccc[nH]1. The molecule has 0 aliphatic carbocycles. The zero-order valence-corrected chi connectivity index (χ0v) is 7.84. The van der Waals surface area contributed by atoms with Crippen molar-refractivity contribution in [2.75, 3.05) is 0 Å². The lowest BCUT2D eigenvalue weighted by molar-refractivity contribution is -0.141. The summed E-state index contributed by atoms with van der Waals surface area (Å²) in [7, 11) is 1.48. The van der Waals surface area contributed by atoms with E-state index in [1.165, 1.54) is 11.7 Å². The highest BCUT2D eigenvalue weighted by molar-refractivity contribution is 5.55. The molecule has 0 fully saturated rings. The molecule has 0 aliphatic rings. The van der Waals surface area contributed by atoms with E-state index in [4.69, 9.17) is 0 Å². The zero-order valence-electron chi connectivity index (χ0n) is 7.84. The molecule has 2 rings (SSSR count). The predicted molar refractivity (Wildman–Crippen MR) is 48.0 cm³/mol. The fourth-order valence-corrected chi connectivity index (χ4v) is 1.35. The fourth-order valence-electron chi connectivity index (χ4n) is 1.35. The van der Waals surface area contributed by atoms with Crippen molar-refractivity contribution in [3.05, 3.63) is 30.1 Å². The number of H-pyrrole nitrogens is 1. The lowest BCUT2D eigenvalue weighted by atomic mass is 10.3. The van der Waals surface area contributed by atoms with Crippen LogP contribution in [0.5, 0.6) is 0 Å². The molecule has 0 radical (unpaired) electrons. The van der Waals surface area contributed by atoms with Gasteiger partial charge in [-0.2, -0.15) is 18.3 Å².